The van der Waals surface area contributed by atoms with E-state index < -0.39 is 0 Å². The van der Waals surface area contributed by atoms with E-state index >= 15 is 0 Å². The Hall–Kier alpha value is -1.75. The summed E-state index contributed by atoms with van der Waals surface area (Å²) in [6.45, 7) is 3.80. The zero-order chi connectivity index (χ0) is 14.4. The molecule has 0 saturated carbocycles. The second-order valence-electron chi connectivity index (χ2n) is 4.79. The Kier molecular flexibility index (Phi) is 5.24. The highest BCUT2D eigenvalue weighted by molar-refractivity contribution is 5.78. The third kappa shape index (κ3) is 3.42. The molecule has 0 aromatic heterocycles. The molecule has 0 radical (unpaired) electrons. The molecule has 1 atom stereocenters. The highest BCUT2D eigenvalue weighted by Crippen LogP contribution is 2.26. The molecular formula is C15H22N2O3. The van der Waals surface area contributed by atoms with E-state index in [4.69, 9.17) is 15.2 Å². The van der Waals surface area contributed by atoms with Gasteiger partial charge in [-0.3, -0.25) is 4.79 Å². The van der Waals surface area contributed by atoms with E-state index in [0.29, 0.717) is 24.7 Å². The summed E-state index contributed by atoms with van der Waals surface area (Å²) in [7, 11) is 0. The van der Waals surface area contributed by atoms with Crippen LogP contribution in [0.5, 0.6) is 11.5 Å². The van der Waals surface area contributed by atoms with Crippen molar-refractivity contribution in [1.82, 2.24) is 4.90 Å². The molecule has 0 aliphatic carbocycles. The number of hydrogen-bond acceptors (Lipinski definition) is 4. The van der Waals surface area contributed by atoms with Gasteiger partial charge in [0.15, 0.2) is 18.1 Å². The van der Waals surface area contributed by atoms with Crippen LogP contribution in [0.15, 0.2) is 24.3 Å². The van der Waals surface area contributed by atoms with Crippen LogP contribution in [-0.4, -0.2) is 43.2 Å². The molecule has 2 N–H and O–H groups in total. The van der Waals surface area contributed by atoms with Crippen LogP contribution in [0.1, 0.15) is 19.8 Å². The molecule has 110 valence electrons. The molecule has 0 bridgehead atoms. The van der Waals surface area contributed by atoms with Gasteiger partial charge in [0.2, 0.25) is 0 Å². The first-order valence-electron chi connectivity index (χ1n) is 7.10. The van der Waals surface area contributed by atoms with Gasteiger partial charge in [0.1, 0.15) is 0 Å². The number of carbonyl (C=O) groups excluding carboxylic acids is 1. The van der Waals surface area contributed by atoms with Crippen LogP contribution < -0.4 is 15.2 Å². The molecule has 1 heterocycles. The minimum Gasteiger partial charge on any atom is -0.490 e. The Morgan fingerprint density at radius 2 is 2.05 bits per heavy atom. The average Bonchev–Trinajstić information content (AvgIpc) is 2.95. The molecule has 5 nitrogen and oxygen atoms in total. The number of ether oxygens (including phenoxy) is 2. The lowest BCUT2D eigenvalue weighted by molar-refractivity contribution is -0.134. The number of rotatable bonds is 6. The van der Waals surface area contributed by atoms with Crippen molar-refractivity contribution in [3.63, 3.8) is 0 Å². The summed E-state index contributed by atoms with van der Waals surface area (Å²) in [6, 6.07) is 7.55. The van der Waals surface area contributed by atoms with E-state index in [1.165, 1.54) is 0 Å². The zero-order valence-electron chi connectivity index (χ0n) is 11.9. The van der Waals surface area contributed by atoms with Gasteiger partial charge < -0.3 is 20.1 Å². The van der Waals surface area contributed by atoms with Crippen LogP contribution in [0, 0.1) is 0 Å². The Labute approximate surface area is 119 Å². The molecule has 1 aromatic rings. The van der Waals surface area contributed by atoms with E-state index in [1.807, 2.05) is 36.1 Å². The molecule has 0 spiro atoms. The minimum atomic E-state index is -0.00995. The number of benzene rings is 1. The molecule has 20 heavy (non-hydrogen) atoms. The Morgan fingerprint density at radius 3 is 2.70 bits per heavy atom. The molecular weight excluding hydrogens is 256 g/mol. The van der Waals surface area contributed by atoms with Crippen molar-refractivity contribution in [2.45, 2.75) is 25.8 Å². The maximum Gasteiger partial charge on any atom is 0.260 e. The molecule has 1 aromatic carbocycles. The maximum absolute atomic E-state index is 12.2. The topological polar surface area (TPSA) is 64.8 Å². The van der Waals surface area contributed by atoms with Gasteiger partial charge in [-0.15, -0.1) is 0 Å². The van der Waals surface area contributed by atoms with E-state index in [2.05, 4.69) is 0 Å². The first kappa shape index (κ1) is 14.7. The van der Waals surface area contributed by atoms with Gasteiger partial charge in [-0.1, -0.05) is 12.1 Å². The first-order chi connectivity index (χ1) is 9.76. The van der Waals surface area contributed by atoms with E-state index in [1.54, 1.807) is 0 Å². The van der Waals surface area contributed by atoms with Crippen molar-refractivity contribution in [2.75, 3.05) is 26.3 Å². The lowest BCUT2D eigenvalue weighted by Crippen LogP contribution is -2.42. The summed E-state index contributed by atoms with van der Waals surface area (Å²) < 4.78 is 11.1. The monoisotopic (exact) mass is 278 g/mol. The van der Waals surface area contributed by atoms with Crippen LogP contribution in [0.4, 0.5) is 0 Å². The van der Waals surface area contributed by atoms with Gasteiger partial charge in [-0.2, -0.15) is 0 Å². The van der Waals surface area contributed by atoms with E-state index in [-0.39, 0.29) is 18.6 Å². The second-order valence-corrected chi connectivity index (χ2v) is 4.79. The predicted octanol–water partition coefficient (Wildman–Crippen LogP) is 1.41. The third-order valence-electron chi connectivity index (χ3n) is 3.47. The third-order valence-corrected chi connectivity index (χ3v) is 3.47. The molecule has 1 fully saturated rings. The summed E-state index contributed by atoms with van der Waals surface area (Å²) >= 11 is 0. The highest BCUT2D eigenvalue weighted by atomic mass is 16.5. The number of nitrogens with two attached hydrogens (primary N) is 1. The Morgan fingerprint density at radius 1 is 1.35 bits per heavy atom. The Bertz CT molecular complexity index is 450. The number of hydrogen-bond donors (Lipinski definition) is 1. The van der Waals surface area contributed by atoms with Gasteiger partial charge in [-0.05, 0) is 31.9 Å². The van der Waals surface area contributed by atoms with Crippen LogP contribution in [-0.2, 0) is 4.79 Å². The molecule has 1 aliphatic heterocycles. The van der Waals surface area contributed by atoms with Crippen LogP contribution in [0.3, 0.4) is 0 Å². The fourth-order valence-corrected chi connectivity index (χ4v) is 2.48. The van der Waals surface area contributed by atoms with Gasteiger partial charge in [0.05, 0.1) is 6.61 Å². The maximum atomic E-state index is 12.2. The smallest absolute Gasteiger partial charge is 0.260 e. The SMILES string of the molecule is CCOc1ccccc1OCC(=O)N1CCCC1CN. The van der Waals surface area contributed by atoms with Crippen LogP contribution in [0.2, 0.25) is 0 Å². The number of amides is 1. The van der Waals surface area contributed by atoms with Gasteiger partial charge in [0, 0.05) is 19.1 Å². The van der Waals surface area contributed by atoms with Crippen molar-refractivity contribution < 1.29 is 14.3 Å². The lowest BCUT2D eigenvalue weighted by Gasteiger charge is -2.23. The second kappa shape index (κ2) is 7.14. The molecule has 2 rings (SSSR count). The number of para-hydroxylation sites is 2. The first-order valence-corrected chi connectivity index (χ1v) is 7.10. The van der Waals surface area contributed by atoms with Crippen molar-refractivity contribution in [1.29, 1.82) is 0 Å². The number of carbonyl (C=O) groups is 1. The molecule has 1 unspecified atom stereocenters. The number of nitrogens with zero attached hydrogens (tertiary/aromatic N) is 1. The average molecular weight is 278 g/mol. The van der Waals surface area contributed by atoms with Gasteiger partial charge in [-0.25, -0.2) is 0 Å². The quantitative estimate of drug-likeness (QED) is 0.854. The minimum absolute atomic E-state index is 0.00995. The van der Waals surface area contributed by atoms with Crippen molar-refractivity contribution >= 4 is 5.91 Å². The van der Waals surface area contributed by atoms with Crippen LogP contribution in [0.25, 0.3) is 0 Å². The van der Waals surface area contributed by atoms with Crippen LogP contribution >= 0.6 is 0 Å². The van der Waals surface area contributed by atoms with Crippen molar-refractivity contribution in [3.8, 4) is 11.5 Å². The van der Waals surface area contributed by atoms with E-state index in [9.17, 15) is 4.79 Å². The fourth-order valence-electron chi connectivity index (χ4n) is 2.48. The normalized spacial score (nSPS) is 18.1. The molecule has 1 saturated heterocycles. The zero-order valence-corrected chi connectivity index (χ0v) is 11.9. The highest BCUT2D eigenvalue weighted by Gasteiger charge is 2.27. The molecule has 1 amide bonds. The van der Waals surface area contributed by atoms with E-state index in [0.717, 1.165) is 19.4 Å². The summed E-state index contributed by atoms with van der Waals surface area (Å²) in [4.78, 5) is 14.0. The van der Waals surface area contributed by atoms with Gasteiger partial charge in [0.25, 0.3) is 5.91 Å². The Balaban J connectivity index is 1.93. The largest absolute Gasteiger partial charge is 0.490 e. The van der Waals surface area contributed by atoms with Crippen molar-refractivity contribution in [2.24, 2.45) is 5.73 Å². The fraction of sp³-hybridized carbons (Fsp3) is 0.533. The summed E-state index contributed by atoms with van der Waals surface area (Å²) in [5, 5.41) is 0. The predicted molar refractivity (Wildman–Crippen MR) is 76.9 cm³/mol. The summed E-state index contributed by atoms with van der Waals surface area (Å²) in [6.07, 6.45) is 2.00. The van der Waals surface area contributed by atoms with Crippen molar-refractivity contribution in [3.05, 3.63) is 24.3 Å². The lowest BCUT2D eigenvalue weighted by atomic mass is 10.2. The number of likely N-dealkylation sites (tertiary alicyclic amines) is 1. The summed E-state index contributed by atoms with van der Waals surface area (Å²) in [5.74, 6) is 1.26. The van der Waals surface area contributed by atoms with Gasteiger partial charge >= 0.3 is 0 Å². The molecule has 1 aliphatic rings. The summed E-state index contributed by atoms with van der Waals surface area (Å²) in [5.41, 5.74) is 5.68. The molecule has 5 heteroatoms. The standard InChI is InChI=1S/C15H22N2O3/c1-2-19-13-7-3-4-8-14(13)20-11-15(18)17-9-5-6-12(17)10-16/h3-4,7-8,12H,2,5-6,9-11,16H2,1H3.